The fraction of sp³-hybridized carbons (Fsp3) is 0.500. The molecule has 0 amide bonds. The van der Waals surface area contributed by atoms with Crippen LogP contribution in [0.2, 0.25) is 0 Å². The minimum atomic E-state index is -3.59. The third kappa shape index (κ3) is 4.25. The molecule has 0 bridgehead atoms. The summed E-state index contributed by atoms with van der Waals surface area (Å²) in [5.74, 6) is 5.51. The average molecular weight is 310 g/mol. The molecule has 2 rings (SSSR count). The second kappa shape index (κ2) is 7.00. The highest BCUT2D eigenvalue weighted by molar-refractivity contribution is 7.89. The van der Waals surface area contributed by atoms with Crippen LogP contribution in [0.1, 0.15) is 24.8 Å². The van der Waals surface area contributed by atoms with Crippen LogP contribution in [0.15, 0.2) is 23.4 Å². The highest BCUT2D eigenvalue weighted by atomic mass is 32.2. The van der Waals surface area contributed by atoms with Gasteiger partial charge in [-0.25, -0.2) is 13.1 Å². The van der Waals surface area contributed by atoms with Crippen LogP contribution < -0.4 is 4.72 Å². The summed E-state index contributed by atoms with van der Waals surface area (Å²) in [6.07, 6.45) is 4.62. The van der Waals surface area contributed by atoms with Crippen molar-refractivity contribution in [3.8, 4) is 11.8 Å². The van der Waals surface area contributed by atoms with E-state index in [4.69, 9.17) is 9.84 Å². The lowest BCUT2D eigenvalue weighted by molar-refractivity contribution is 0.0236. The number of nitrogens with one attached hydrogen (secondary N) is 1. The van der Waals surface area contributed by atoms with Crippen LogP contribution in [-0.4, -0.2) is 44.4 Å². The van der Waals surface area contributed by atoms with Crippen LogP contribution in [0.25, 0.3) is 0 Å². The van der Waals surface area contributed by atoms with Crippen molar-refractivity contribution in [2.75, 3.05) is 13.7 Å². The van der Waals surface area contributed by atoms with Crippen LogP contribution in [0.3, 0.4) is 0 Å². The second-order valence-corrected chi connectivity index (χ2v) is 6.55. The van der Waals surface area contributed by atoms with Crippen LogP contribution in [-0.2, 0) is 14.8 Å². The smallest absolute Gasteiger partial charge is 0.242 e. The first-order valence-electron chi connectivity index (χ1n) is 6.65. The quantitative estimate of drug-likeness (QED) is 0.762. The summed E-state index contributed by atoms with van der Waals surface area (Å²) in [5.41, 5.74) is 0.509. The Kier molecular flexibility index (Phi) is 5.31. The monoisotopic (exact) mass is 310 g/mol. The van der Waals surface area contributed by atoms with Gasteiger partial charge in [-0.1, -0.05) is 11.8 Å². The van der Waals surface area contributed by atoms with Gasteiger partial charge in [0.05, 0.1) is 12.7 Å². The highest BCUT2D eigenvalue weighted by Crippen LogP contribution is 2.24. The topological polar surface area (TPSA) is 88.5 Å². The summed E-state index contributed by atoms with van der Waals surface area (Å²) < 4.78 is 32.2. The molecule has 21 heavy (non-hydrogen) atoms. The first-order valence-corrected chi connectivity index (χ1v) is 8.13. The standard InChI is InChI=1S/C14H18N2O4S/c1-20-13-7-12(8-13)16-21(18,19)14-6-11(9-15-10-14)4-2-3-5-17/h6,9-10,12-13,16-17H,3,5,7-8H2,1H3. The van der Waals surface area contributed by atoms with E-state index in [0.717, 1.165) is 0 Å². The molecule has 1 aliphatic rings. The van der Waals surface area contributed by atoms with Gasteiger partial charge in [0.15, 0.2) is 0 Å². The van der Waals surface area contributed by atoms with Gasteiger partial charge in [0.2, 0.25) is 10.0 Å². The van der Waals surface area contributed by atoms with E-state index in [1.807, 2.05) is 0 Å². The van der Waals surface area contributed by atoms with Crippen molar-refractivity contribution >= 4 is 10.0 Å². The molecule has 1 fully saturated rings. The molecule has 0 radical (unpaired) electrons. The van der Waals surface area contributed by atoms with E-state index < -0.39 is 10.0 Å². The Morgan fingerprint density at radius 2 is 2.24 bits per heavy atom. The Hall–Kier alpha value is -1.46. The average Bonchev–Trinajstić information content (AvgIpc) is 2.43. The number of methoxy groups -OCH3 is 1. The molecule has 0 atom stereocenters. The zero-order valence-electron chi connectivity index (χ0n) is 11.7. The minimum Gasteiger partial charge on any atom is -0.395 e. The molecule has 1 aromatic heterocycles. The SMILES string of the molecule is COC1CC(NS(=O)(=O)c2cncc(C#CCCO)c2)C1. The third-order valence-corrected chi connectivity index (χ3v) is 4.73. The van der Waals surface area contributed by atoms with E-state index in [0.29, 0.717) is 24.8 Å². The normalized spacial score (nSPS) is 21.2. The predicted octanol–water partition coefficient (Wildman–Crippen LogP) is 0.271. The van der Waals surface area contributed by atoms with E-state index in [1.54, 1.807) is 7.11 Å². The number of rotatable bonds is 5. The van der Waals surface area contributed by atoms with Gasteiger partial charge in [-0.15, -0.1) is 0 Å². The van der Waals surface area contributed by atoms with Crippen LogP contribution >= 0.6 is 0 Å². The van der Waals surface area contributed by atoms with Crippen LogP contribution in [0.4, 0.5) is 0 Å². The highest BCUT2D eigenvalue weighted by Gasteiger charge is 2.32. The Morgan fingerprint density at radius 1 is 1.48 bits per heavy atom. The van der Waals surface area contributed by atoms with Crippen molar-refractivity contribution in [2.24, 2.45) is 0 Å². The number of aliphatic hydroxyl groups excluding tert-OH is 1. The first-order chi connectivity index (χ1) is 10.0. The van der Waals surface area contributed by atoms with Gasteiger partial charge in [0.1, 0.15) is 4.90 Å². The molecule has 1 heterocycles. The third-order valence-electron chi connectivity index (χ3n) is 3.24. The van der Waals surface area contributed by atoms with Gasteiger partial charge in [-0.3, -0.25) is 4.98 Å². The van der Waals surface area contributed by atoms with Crippen molar-refractivity contribution in [1.82, 2.24) is 9.71 Å². The summed E-state index contributed by atoms with van der Waals surface area (Å²) in [7, 11) is -1.97. The number of aromatic nitrogens is 1. The molecule has 1 aromatic rings. The number of nitrogens with zero attached hydrogens (tertiary/aromatic N) is 1. The molecule has 0 saturated heterocycles. The molecule has 1 aliphatic carbocycles. The molecule has 6 nitrogen and oxygen atoms in total. The number of pyridine rings is 1. The number of hydrogen-bond donors (Lipinski definition) is 2. The molecular formula is C14H18N2O4S. The van der Waals surface area contributed by atoms with Crippen LogP contribution in [0, 0.1) is 11.8 Å². The van der Waals surface area contributed by atoms with E-state index in [2.05, 4.69) is 21.5 Å². The summed E-state index contributed by atoms with van der Waals surface area (Å²) in [6.45, 7) is -0.0255. The van der Waals surface area contributed by atoms with Gasteiger partial charge in [0.25, 0.3) is 0 Å². The summed E-state index contributed by atoms with van der Waals surface area (Å²) in [5, 5.41) is 8.67. The molecule has 0 spiro atoms. The van der Waals surface area contributed by atoms with Gasteiger partial charge in [-0.05, 0) is 18.9 Å². The fourth-order valence-electron chi connectivity index (χ4n) is 2.00. The first kappa shape index (κ1) is 15.9. The number of aliphatic hydroxyl groups is 1. The fourth-order valence-corrected chi connectivity index (χ4v) is 3.25. The van der Waals surface area contributed by atoms with Gasteiger partial charge in [0, 0.05) is 37.5 Å². The van der Waals surface area contributed by atoms with Crippen molar-refractivity contribution in [3.63, 3.8) is 0 Å². The van der Waals surface area contributed by atoms with E-state index >= 15 is 0 Å². The molecule has 0 aromatic carbocycles. The lowest BCUT2D eigenvalue weighted by Gasteiger charge is -2.34. The lowest BCUT2D eigenvalue weighted by Crippen LogP contribution is -2.47. The molecule has 2 N–H and O–H groups in total. The molecular weight excluding hydrogens is 292 g/mol. The molecule has 114 valence electrons. The zero-order chi connectivity index (χ0) is 15.3. The number of ether oxygens (including phenoxy) is 1. The van der Waals surface area contributed by atoms with Crippen LogP contribution in [0.5, 0.6) is 0 Å². The summed E-state index contributed by atoms with van der Waals surface area (Å²) in [4.78, 5) is 4.00. The molecule has 7 heteroatoms. The Labute approximate surface area is 124 Å². The number of sulfonamides is 1. The summed E-state index contributed by atoms with van der Waals surface area (Å²) >= 11 is 0. The predicted molar refractivity (Wildman–Crippen MR) is 77.0 cm³/mol. The Balaban J connectivity index is 2.06. The van der Waals surface area contributed by atoms with Crippen molar-refractivity contribution in [1.29, 1.82) is 0 Å². The Bertz CT molecular complexity index is 642. The second-order valence-electron chi connectivity index (χ2n) is 4.83. The maximum absolute atomic E-state index is 12.2. The van der Waals surface area contributed by atoms with E-state index in [1.165, 1.54) is 18.5 Å². The maximum Gasteiger partial charge on any atom is 0.242 e. The van der Waals surface area contributed by atoms with E-state index in [-0.39, 0.29) is 23.6 Å². The van der Waals surface area contributed by atoms with Gasteiger partial charge in [-0.2, -0.15) is 0 Å². The lowest BCUT2D eigenvalue weighted by atomic mass is 9.90. The number of hydrogen-bond acceptors (Lipinski definition) is 5. The van der Waals surface area contributed by atoms with Gasteiger partial charge < -0.3 is 9.84 Å². The van der Waals surface area contributed by atoms with Crippen molar-refractivity contribution in [2.45, 2.75) is 36.3 Å². The summed E-state index contributed by atoms with van der Waals surface area (Å²) in [6, 6.07) is 1.38. The van der Waals surface area contributed by atoms with Crippen molar-refractivity contribution < 1.29 is 18.3 Å². The van der Waals surface area contributed by atoms with E-state index in [9.17, 15) is 8.42 Å². The molecule has 0 unspecified atom stereocenters. The Morgan fingerprint density at radius 3 is 2.90 bits per heavy atom. The van der Waals surface area contributed by atoms with Crippen molar-refractivity contribution in [3.05, 3.63) is 24.0 Å². The maximum atomic E-state index is 12.2. The van der Waals surface area contributed by atoms with Gasteiger partial charge >= 0.3 is 0 Å². The largest absolute Gasteiger partial charge is 0.395 e. The molecule has 0 aliphatic heterocycles. The zero-order valence-corrected chi connectivity index (χ0v) is 12.6. The minimum absolute atomic E-state index is 0.0255. The molecule has 1 saturated carbocycles.